The number of benzene rings is 1. The van der Waals surface area contributed by atoms with Crippen LogP contribution in [0.4, 0.5) is 0 Å². The zero-order chi connectivity index (χ0) is 9.97. The molecule has 0 radical (unpaired) electrons. The van der Waals surface area contributed by atoms with Crippen LogP contribution in [0.3, 0.4) is 0 Å². The Labute approximate surface area is 95.2 Å². The first-order valence-electron chi connectivity index (χ1n) is 5.10. The van der Waals surface area contributed by atoms with Crippen LogP contribution < -0.4 is 0 Å². The molecule has 1 atom stereocenters. The van der Waals surface area contributed by atoms with Crippen molar-refractivity contribution in [2.24, 2.45) is 11.8 Å². The Kier molecular flexibility index (Phi) is 3.35. The van der Waals surface area contributed by atoms with Crippen molar-refractivity contribution in [3.63, 3.8) is 0 Å². The molecule has 0 aromatic heterocycles. The highest BCUT2D eigenvalue weighted by atomic mass is 35.5. The van der Waals surface area contributed by atoms with Crippen LogP contribution in [0.15, 0.2) is 24.3 Å². The highest BCUT2D eigenvalue weighted by Crippen LogP contribution is 2.39. The second-order valence-electron chi connectivity index (χ2n) is 4.05. The third-order valence-corrected chi connectivity index (χ3v) is 3.69. The van der Waals surface area contributed by atoms with Crippen LogP contribution in [0.5, 0.6) is 0 Å². The molecule has 0 N–H and O–H groups in total. The van der Waals surface area contributed by atoms with Gasteiger partial charge in [0.2, 0.25) is 0 Å². The van der Waals surface area contributed by atoms with Gasteiger partial charge in [0.1, 0.15) is 0 Å². The summed E-state index contributed by atoms with van der Waals surface area (Å²) in [6, 6.07) is 8.07. The Morgan fingerprint density at radius 3 is 2.57 bits per heavy atom. The number of rotatable bonds is 4. The summed E-state index contributed by atoms with van der Waals surface area (Å²) in [5.74, 6) is 2.23. The van der Waals surface area contributed by atoms with Gasteiger partial charge in [-0.05, 0) is 42.7 Å². The SMILES string of the molecule is ClCC(Cc1ccccc1Cl)C1CC1. The van der Waals surface area contributed by atoms with Gasteiger partial charge in [-0.3, -0.25) is 0 Å². The topological polar surface area (TPSA) is 0 Å². The van der Waals surface area contributed by atoms with Crippen LogP contribution in [0.25, 0.3) is 0 Å². The molecular formula is C12H14Cl2. The quantitative estimate of drug-likeness (QED) is 0.680. The number of halogens is 2. The fourth-order valence-corrected chi connectivity index (χ4v) is 2.44. The van der Waals surface area contributed by atoms with E-state index in [1.54, 1.807) is 0 Å². The Hall–Kier alpha value is -0.200. The lowest BCUT2D eigenvalue weighted by molar-refractivity contribution is 0.513. The van der Waals surface area contributed by atoms with E-state index in [9.17, 15) is 0 Å². The molecule has 1 fully saturated rings. The molecule has 0 saturated heterocycles. The lowest BCUT2D eigenvalue weighted by Gasteiger charge is -2.13. The fraction of sp³-hybridized carbons (Fsp3) is 0.500. The minimum atomic E-state index is 0.622. The average molecular weight is 229 g/mol. The Balaban J connectivity index is 2.04. The fourth-order valence-electron chi connectivity index (χ4n) is 1.86. The summed E-state index contributed by atoms with van der Waals surface area (Å²) in [5, 5.41) is 0.878. The van der Waals surface area contributed by atoms with Gasteiger partial charge < -0.3 is 0 Å². The van der Waals surface area contributed by atoms with Gasteiger partial charge in [-0.25, -0.2) is 0 Å². The molecule has 1 aliphatic carbocycles. The van der Waals surface area contributed by atoms with Crippen molar-refractivity contribution in [1.29, 1.82) is 0 Å². The summed E-state index contributed by atoms with van der Waals surface area (Å²) in [7, 11) is 0. The van der Waals surface area contributed by atoms with Gasteiger partial charge in [-0.2, -0.15) is 0 Å². The molecule has 1 saturated carbocycles. The summed E-state index contributed by atoms with van der Waals surface area (Å²) >= 11 is 12.1. The highest BCUT2D eigenvalue weighted by molar-refractivity contribution is 6.31. The minimum absolute atomic E-state index is 0.622. The Morgan fingerprint density at radius 2 is 2.00 bits per heavy atom. The molecule has 0 nitrogen and oxygen atoms in total. The van der Waals surface area contributed by atoms with E-state index in [-0.39, 0.29) is 0 Å². The van der Waals surface area contributed by atoms with Crippen LogP contribution >= 0.6 is 23.2 Å². The molecule has 14 heavy (non-hydrogen) atoms. The molecule has 0 aliphatic heterocycles. The maximum absolute atomic E-state index is 6.11. The largest absolute Gasteiger partial charge is 0.126 e. The molecule has 0 amide bonds. The monoisotopic (exact) mass is 228 g/mol. The average Bonchev–Trinajstić information content (AvgIpc) is 3.00. The van der Waals surface area contributed by atoms with E-state index in [0.29, 0.717) is 5.92 Å². The molecule has 1 aromatic rings. The van der Waals surface area contributed by atoms with Crippen molar-refractivity contribution < 1.29 is 0 Å². The first-order valence-corrected chi connectivity index (χ1v) is 6.02. The van der Waals surface area contributed by atoms with Gasteiger partial charge in [0.15, 0.2) is 0 Å². The van der Waals surface area contributed by atoms with Crippen LogP contribution in [-0.4, -0.2) is 5.88 Å². The van der Waals surface area contributed by atoms with Gasteiger partial charge in [0.25, 0.3) is 0 Å². The molecule has 0 bridgehead atoms. The van der Waals surface area contributed by atoms with Crippen molar-refractivity contribution in [3.8, 4) is 0 Å². The zero-order valence-corrected chi connectivity index (χ0v) is 9.56. The summed E-state index contributed by atoms with van der Waals surface area (Å²) in [4.78, 5) is 0. The Morgan fingerprint density at radius 1 is 1.29 bits per heavy atom. The van der Waals surface area contributed by atoms with E-state index in [1.165, 1.54) is 18.4 Å². The minimum Gasteiger partial charge on any atom is -0.126 e. The number of hydrogen-bond donors (Lipinski definition) is 0. The molecule has 2 rings (SSSR count). The van der Waals surface area contributed by atoms with E-state index < -0.39 is 0 Å². The van der Waals surface area contributed by atoms with E-state index in [4.69, 9.17) is 23.2 Å². The van der Waals surface area contributed by atoms with Gasteiger partial charge in [0, 0.05) is 10.9 Å². The standard InChI is InChI=1S/C12H14Cl2/c13-8-11(9-5-6-9)7-10-3-1-2-4-12(10)14/h1-4,9,11H,5-8H2. The van der Waals surface area contributed by atoms with Gasteiger partial charge in [-0.15, -0.1) is 11.6 Å². The summed E-state index contributed by atoms with van der Waals surface area (Å²) in [6.07, 6.45) is 3.73. The van der Waals surface area contributed by atoms with E-state index in [0.717, 1.165) is 23.2 Å². The van der Waals surface area contributed by atoms with Crippen molar-refractivity contribution in [2.75, 3.05) is 5.88 Å². The molecule has 2 heteroatoms. The van der Waals surface area contributed by atoms with Gasteiger partial charge >= 0.3 is 0 Å². The Bertz CT molecular complexity index is 305. The van der Waals surface area contributed by atoms with Crippen LogP contribution in [0, 0.1) is 11.8 Å². The van der Waals surface area contributed by atoms with Crippen molar-refractivity contribution >= 4 is 23.2 Å². The van der Waals surface area contributed by atoms with Gasteiger partial charge in [0.05, 0.1) is 0 Å². The van der Waals surface area contributed by atoms with E-state index in [2.05, 4.69) is 6.07 Å². The third kappa shape index (κ3) is 2.43. The number of alkyl halides is 1. The number of hydrogen-bond acceptors (Lipinski definition) is 0. The van der Waals surface area contributed by atoms with Crippen molar-refractivity contribution in [1.82, 2.24) is 0 Å². The lowest BCUT2D eigenvalue weighted by Crippen LogP contribution is -2.09. The maximum atomic E-state index is 6.11. The van der Waals surface area contributed by atoms with Crippen LogP contribution in [0.1, 0.15) is 18.4 Å². The predicted octanol–water partition coefficient (Wildman–Crippen LogP) is 4.15. The zero-order valence-electron chi connectivity index (χ0n) is 8.05. The van der Waals surface area contributed by atoms with Crippen molar-refractivity contribution in [2.45, 2.75) is 19.3 Å². The summed E-state index contributed by atoms with van der Waals surface area (Å²) < 4.78 is 0. The molecule has 0 spiro atoms. The van der Waals surface area contributed by atoms with Gasteiger partial charge in [-0.1, -0.05) is 29.8 Å². The normalized spacial score (nSPS) is 18.1. The smallest absolute Gasteiger partial charge is 0.0438 e. The molecular weight excluding hydrogens is 215 g/mol. The van der Waals surface area contributed by atoms with Crippen LogP contribution in [-0.2, 0) is 6.42 Å². The molecule has 76 valence electrons. The first kappa shape index (κ1) is 10.3. The van der Waals surface area contributed by atoms with Crippen LogP contribution in [0.2, 0.25) is 5.02 Å². The van der Waals surface area contributed by atoms with E-state index >= 15 is 0 Å². The third-order valence-electron chi connectivity index (χ3n) is 2.93. The molecule has 0 heterocycles. The predicted molar refractivity (Wildman–Crippen MR) is 62.1 cm³/mol. The summed E-state index contributed by atoms with van der Waals surface area (Å²) in [6.45, 7) is 0. The van der Waals surface area contributed by atoms with Crippen molar-refractivity contribution in [3.05, 3.63) is 34.9 Å². The molecule has 1 unspecified atom stereocenters. The molecule has 1 aromatic carbocycles. The highest BCUT2D eigenvalue weighted by Gasteiger charge is 2.30. The summed E-state index contributed by atoms with van der Waals surface area (Å²) in [5.41, 5.74) is 1.24. The lowest BCUT2D eigenvalue weighted by atomic mass is 9.96. The molecule has 1 aliphatic rings. The second kappa shape index (κ2) is 4.55. The first-order chi connectivity index (χ1) is 6.81. The maximum Gasteiger partial charge on any atom is 0.0438 e. The second-order valence-corrected chi connectivity index (χ2v) is 4.76. The van der Waals surface area contributed by atoms with E-state index in [1.807, 2.05) is 18.2 Å².